The first-order valence-corrected chi connectivity index (χ1v) is 4.96. The standard InChI is InChI=1S/C11H19N/c1-3-4-5-8-12-10(2)9-11-6-7-11/h10-12H,5-9H2,1-2H3. The Balaban J connectivity index is 1.92. The van der Waals surface area contributed by atoms with E-state index in [1.807, 2.05) is 6.92 Å². The minimum Gasteiger partial charge on any atom is -0.313 e. The Morgan fingerprint density at radius 1 is 1.50 bits per heavy atom. The van der Waals surface area contributed by atoms with E-state index in [1.54, 1.807) is 0 Å². The number of hydrogen-bond acceptors (Lipinski definition) is 1. The minimum atomic E-state index is 0.691. The lowest BCUT2D eigenvalue weighted by molar-refractivity contribution is 0.494. The van der Waals surface area contributed by atoms with Crippen molar-refractivity contribution in [3.8, 4) is 11.8 Å². The van der Waals surface area contributed by atoms with Crippen molar-refractivity contribution in [2.45, 2.75) is 45.6 Å². The normalized spacial score (nSPS) is 18.2. The molecular weight excluding hydrogens is 146 g/mol. The van der Waals surface area contributed by atoms with Crippen molar-refractivity contribution in [1.29, 1.82) is 0 Å². The summed E-state index contributed by atoms with van der Waals surface area (Å²) in [5.41, 5.74) is 0. The fourth-order valence-electron chi connectivity index (χ4n) is 1.44. The van der Waals surface area contributed by atoms with Gasteiger partial charge in [-0.2, -0.15) is 0 Å². The lowest BCUT2D eigenvalue weighted by atomic mass is 10.1. The molecule has 0 aromatic heterocycles. The predicted octanol–water partition coefficient (Wildman–Crippen LogP) is 2.18. The topological polar surface area (TPSA) is 12.0 Å². The average Bonchev–Trinajstić information content (AvgIpc) is 2.82. The highest BCUT2D eigenvalue weighted by Crippen LogP contribution is 2.33. The first-order valence-electron chi connectivity index (χ1n) is 4.96. The molecule has 68 valence electrons. The SMILES string of the molecule is CC#CCCNC(C)CC1CC1. The largest absolute Gasteiger partial charge is 0.313 e. The molecule has 0 aromatic carbocycles. The van der Waals surface area contributed by atoms with Gasteiger partial charge in [0.15, 0.2) is 0 Å². The fourth-order valence-corrected chi connectivity index (χ4v) is 1.44. The summed E-state index contributed by atoms with van der Waals surface area (Å²) in [6.07, 6.45) is 5.27. The first-order chi connectivity index (χ1) is 5.83. The number of rotatable bonds is 5. The van der Waals surface area contributed by atoms with Crippen LogP contribution in [0.4, 0.5) is 0 Å². The molecule has 1 aliphatic rings. The van der Waals surface area contributed by atoms with Gasteiger partial charge in [-0.25, -0.2) is 0 Å². The molecule has 12 heavy (non-hydrogen) atoms. The summed E-state index contributed by atoms with van der Waals surface area (Å²) in [4.78, 5) is 0. The second-order valence-electron chi connectivity index (χ2n) is 3.71. The van der Waals surface area contributed by atoms with Gasteiger partial charge < -0.3 is 5.32 Å². The van der Waals surface area contributed by atoms with Crippen LogP contribution in [0.5, 0.6) is 0 Å². The summed E-state index contributed by atoms with van der Waals surface area (Å²) in [5.74, 6) is 7.00. The van der Waals surface area contributed by atoms with E-state index in [-0.39, 0.29) is 0 Å². The summed E-state index contributed by atoms with van der Waals surface area (Å²) in [7, 11) is 0. The molecule has 0 saturated heterocycles. The highest BCUT2D eigenvalue weighted by molar-refractivity contribution is 4.95. The molecule has 1 N–H and O–H groups in total. The van der Waals surface area contributed by atoms with Crippen molar-refractivity contribution in [2.75, 3.05) is 6.54 Å². The molecule has 1 aliphatic carbocycles. The molecule has 1 heteroatoms. The Bertz CT molecular complexity index is 171. The Morgan fingerprint density at radius 3 is 2.83 bits per heavy atom. The zero-order chi connectivity index (χ0) is 8.81. The van der Waals surface area contributed by atoms with Crippen LogP contribution in [-0.4, -0.2) is 12.6 Å². The Hall–Kier alpha value is -0.480. The maximum Gasteiger partial charge on any atom is 0.0214 e. The monoisotopic (exact) mass is 165 g/mol. The summed E-state index contributed by atoms with van der Waals surface area (Å²) in [6.45, 7) is 5.22. The smallest absolute Gasteiger partial charge is 0.0214 e. The minimum absolute atomic E-state index is 0.691. The van der Waals surface area contributed by atoms with Crippen molar-refractivity contribution >= 4 is 0 Å². The Labute approximate surface area is 75.9 Å². The van der Waals surface area contributed by atoms with Gasteiger partial charge in [0.05, 0.1) is 0 Å². The van der Waals surface area contributed by atoms with Gasteiger partial charge in [0.25, 0.3) is 0 Å². The molecule has 0 spiro atoms. The van der Waals surface area contributed by atoms with Crippen molar-refractivity contribution in [1.82, 2.24) is 5.32 Å². The second-order valence-corrected chi connectivity index (χ2v) is 3.71. The molecule has 0 bridgehead atoms. The molecule has 0 aliphatic heterocycles. The van der Waals surface area contributed by atoms with Crippen LogP contribution in [0.2, 0.25) is 0 Å². The van der Waals surface area contributed by atoms with Crippen LogP contribution in [0.15, 0.2) is 0 Å². The summed E-state index contributed by atoms with van der Waals surface area (Å²) in [6, 6.07) is 0.691. The Morgan fingerprint density at radius 2 is 2.25 bits per heavy atom. The quantitative estimate of drug-likeness (QED) is 0.486. The molecule has 0 amide bonds. The average molecular weight is 165 g/mol. The van der Waals surface area contributed by atoms with Crippen LogP contribution in [0.1, 0.15) is 39.5 Å². The third kappa shape index (κ3) is 4.41. The lowest BCUT2D eigenvalue weighted by Crippen LogP contribution is -2.27. The van der Waals surface area contributed by atoms with E-state index in [9.17, 15) is 0 Å². The molecule has 0 aromatic rings. The van der Waals surface area contributed by atoms with Crippen LogP contribution in [0.25, 0.3) is 0 Å². The molecule has 1 saturated carbocycles. The van der Waals surface area contributed by atoms with E-state index in [2.05, 4.69) is 24.1 Å². The van der Waals surface area contributed by atoms with Gasteiger partial charge in [0.2, 0.25) is 0 Å². The maximum absolute atomic E-state index is 3.49. The summed E-state index contributed by atoms with van der Waals surface area (Å²) >= 11 is 0. The van der Waals surface area contributed by atoms with E-state index in [0.717, 1.165) is 18.9 Å². The summed E-state index contributed by atoms with van der Waals surface area (Å²) < 4.78 is 0. The highest BCUT2D eigenvalue weighted by Gasteiger charge is 2.22. The van der Waals surface area contributed by atoms with Crippen molar-refractivity contribution in [2.24, 2.45) is 5.92 Å². The van der Waals surface area contributed by atoms with Crippen LogP contribution in [0.3, 0.4) is 0 Å². The van der Waals surface area contributed by atoms with Crippen LogP contribution < -0.4 is 5.32 Å². The number of hydrogen-bond donors (Lipinski definition) is 1. The van der Waals surface area contributed by atoms with Gasteiger partial charge >= 0.3 is 0 Å². The molecule has 0 heterocycles. The van der Waals surface area contributed by atoms with Gasteiger partial charge in [0, 0.05) is 19.0 Å². The van der Waals surface area contributed by atoms with E-state index < -0.39 is 0 Å². The zero-order valence-corrected chi connectivity index (χ0v) is 8.19. The van der Waals surface area contributed by atoms with Gasteiger partial charge in [-0.1, -0.05) is 12.8 Å². The predicted molar refractivity (Wildman–Crippen MR) is 52.9 cm³/mol. The van der Waals surface area contributed by atoms with E-state index >= 15 is 0 Å². The molecule has 1 fully saturated rings. The van der Waals surface area contributed by atoms with Crippen molar-refractivity contribution in [3.05, 3.63) is 0 Å². The number of nitrogens with one attached hydrogen (secondary N) is 1. The highest BCUT2D eigenvalue weighted by atomic mass is 14.9. The summed E-state index contributed by atoms with van der Waals surface area (Å²) in [5, 5.41) is 3.49. The molecule has 1 rings (SSSR count). The van der Waals surface area contributed by atoms with Gasteiger partial charge in [-0.15, -0.1) is 11.8 Å². The van der Waals surface area contributed by atoms with E-state index in [0.29, 0.717) is 6.04 Å². The molecule has 1 atom stereocenters. The third-order valence-electron chi connectivity index (χ3n) is 2.30. The second kappa shape index (κ2) is 5.22. The third-order valence-corrected chi connectivity index (χ3v) is 2.30. The van der Waals surface area contributed by atoms with E-state index in [4.69, 9.17) is 0 Å². The molecule has 0 radical (unpaired) electrons. The Kier molecular flexibility index (Phi) is 4.18. The molecule has 1 unspecified atom stereocenters. The van der Waals surface area contributed by atoms with Gasteiger partial charge in [-0.05, 0) is 26.2 Å². The van der Waals surface area contributed by atoms with Crippen LogP contribution in [0, 0.1) is 17.8 Å². The van der Waals surface area contributed by atoms with Crippen LogP contribution in [-0.2, 0) is 0 Å². The molecule has 1 nitrogen and oxygen atoms in total. The maximum atomic E-state index is 3.49. The zero-order valence-electron chi connectivity index (χ0n) is 8.19. The lowest BCUT2D eigenvalue weighted by Gasteiger charge is -2.11. The van der Waals surface area contributed by atoms with Gasteiger partial charge in [-0.3, -0.25) is 0 Å². The fraction of sp³-hybridized carbons (Fsp3) is 0.818. The van der Waals surface area contributed by atoms with Gasteiger partial charge in [0.1, 0.15) is 0 Å². The van der Waals surface area contributed by atoms with Crippen LogP contribution >= 0.6 is 0 Å². The van der Waals surface area contributed by atoms with E-state index in [1.165, 1.54) is 19.3 Å². The molecular formula is C11H19N. The van der Waals surface area contributed by atoms with Crippen molar-refractivity contribution in [3.63, 3.8) is 0 Å². The van der Waals surface area contributed by atoms with Crippen molar-refractivity contribution < 1.29 is 0 Å². The first kappa shape index (κ1) is 9.61.